The molecule has 2 aromatic rings. The predicted octanol–water partition coefficient (Wildman–Crippen LogP) is 2.33. The molecule has 2 N–H and O–H groups in total. The first-order valence-corrected chi connectivity index (χ1v) is 12.7. The van der Waals surface area contributed by atoms with E-state index < -0.39 is 16.1 Å². The molecule has 178 valence electrons. The van der Waals surface area contributed by atoms with Crippen molar-refractivity contribution in [3.05, 3.63) is 60.4 Å². The summed E-state index contributed by atoms with van der Waals surface area (Å²) in [4.78, 5) is 30.0. The number of pyridine rings is 1. The highest BCUT2D eigenvalue weighted by atomic mass is 32.2. The molecule has 0 spiro atoms. The molecule has 1 aliphatic rings. The number of hydrogen-bond acceptors (Lipinski definition) is 5. The molecule has 0 aliphatic carbocycles. The van der Waals surface area contributed by atoms with E-state index in [0.717, 1.165) is 5.56 Å². The van der Waals surface area contributed by atoms with Gasteiger partial charge in [-0.1, -0.05) is 38.1 Å². The summed E-state index contributed by atoms with van der Waals surface area (Å²) in [6.45, 7) is 4.89. The van der Waals surface area contributed by atoms with Gasteiger partial charge in [0.1, 0.15) is 6.04 Å². The van der Waals surface area contributed by atoms with Crippen molar-refractivity contribution in [2.75, 3.05) is 13.1 Å². The number of nitrogens with one attached hydrogen (secondary N) is 2. The molecular weight excluding hydrogens is 440 g/mol. The second kappa shape index (κ2) is 11.4. The quantitative estimate of drug-likeness (QED) is 0.582. The molecule has 3 rings (SSSR count). The van der Waals surface area contributed by atoms with Gasteiger partial charge < -0.3 is 10.6 Å². The van der Waals surface area contributed by atoms with E-state index in [1.165, 1.54) is 4.31 Å². The maximum atomic E-state index is 12.9. The van der Waals surface area contributed by atoms with Gasteiger partial charge in [0.2, 0.25) is 21.8 Å². The van der Waals surface area contributed by atoms with Crippen LogP contribution in [0.4, 0.5) is 0 Å². The summed E-state index contributed by atoms with van der Waals surface area (Å²) in [5.41, 5.74) is 0.882. The lowest BCUT2D eigenvalue weighted by molar-refractivity contribution is -0.132. The van der Waals surface area contributed by atoms with Crippen molar-refractivity contribution in [2.45, 2.75) is 50.6 Å². The van der Waals surface area contributed by atoms with Crippen LogP contribution < -0.4 is 10.6 Å². The summed E-state index contributed by atoms with van der Waals surface area (Å²) in [6, 6.07) is 11.4. The van der Waals surface area contributed by atoms with Crippen molar-refractivity contribution in [1.29, 1.82) is 0 Å². The lowest BCUT2D eigenvalue weighted by Crippen LogP contribution is -2.50. The number of piperidine rings is 1. The minimum absolute atomic E-state index is 0.200. The highest BCUT2D eigenvalue weighted by Crippen LogP contribution is 2.24. The predicted molar refractivity (Wildman–Crippen MR) is 125 cm³/mol. The van der Waals surface area contributed by atoms with Crippen LogP contribution in [0.5, 0.6) is 0 Å². The van der Waals surface area contributed by atoms with Crippen LogP contribution in [0, 0.1) is 11.8 Å². The number of hydrogen-bond donors (Lipinski definition) is 2. The molecule has 8 nitrogen and oxygen atoms in total. The summed E-state index contributed by atoms with van der Waals surface area (Å²) in [6.07, 6.45) is 4.72. The van der Waals surface area contributed by atoms with Crippen LogP contribution >= 0.6 is 0 Å². The largest absolute Gasteiger partial charge is 0.350 e. The molecule has 0 radical (unpaired) electrons. The van der Waals surface area contributed by atoms with E-state index >= 15 is 0 Å². The number of benzene rings is 1. The lowest BCUT2D eigenvalue weighted by atomic mass is 9.95. The Balaban J connectivity index is 1.56. The fraction of sp³-hybridized carbons (Fsp3) is 0.458. The van der Waals surface area contributed by atoms with Crippen LogP contribution in [0.1, 0.15) is 38.7 Å². The highest BCUT2D eigenvalue weighted by Gasteiger charge is 2.33. The van der Waals surface area contributed by atoms with E-state index in [0.29, 0.717) is 25.8 Å². The summed E-state index contributed by atoms with van der Waals surface area (Å²) < 4.78 is 27.0. The number of sulfonamides is 1. The van der Waals surface area contributed by atoms with Crippen molar-refractivity contribution in [3.63, 3.8) is 0 Å². The number of nitrogens with zero attached hydrogens (tertiary/aromatic N) is 2. The van der Waals surface area contributed by atoms with Gasteiger partial charge in [0.15, 0.2) is 0 Å². The van der Waals surface area contributed by atoms with E-state index in [-0.39, 0.29) is 41.6 Å². The Hall–Kier alpha value is -2.78. The zero-order valence-electron chi connectivity index (χ0n) is 19.1. The van der Waals surface area contributed by atoms with Gasteiger partial charge in [-0.25, -0.2) is 8.42 Å². The number of aromatic nitrogens is 1. The van der Waals surface area contributed by atoms with Gasteiger partial charge in [-0.2, -0.15) is 4.31 Å². The maximum absolute atomic E-state index is 12.9. The normalized spacial score (nSPS) is 16.3. The first-order chi connectivity index (χ1) is 15.8. The number of amides is 2. The molecule has 1 aromatic carbocycles. The molecule has 2 amide bonds. The standard InChI is InChI=1S/C24H32N4O4S/c1-18(2)15-22(24(30)26-17-19-7-6-12-25-16-19)27-23(29)20-10-13-28(14-11-20)33(31,32)21-8-4-3-5-9-21/h3-9,12,16,18,20,22H,10-11,13-15,17H2,1-2H3,(H,26,30)(H,27,29)/t22-/m0/s1. The maximum Gasteiger partial charge on any atom is 0.243 e. The van der Waals surface area contributed by atoms with Crippen LogP contribution in [0.2, 0.25) is 0 Å². The van der Waals surface area contributed by atoms with Gasteiger partial charge in [-0.3, -0.25) is 14.6 Å². The van der Waals surface area contributed by atoms with Crippen molar-refractivity contribution < 1.29 is 18.0 Å². The van der Waals surface area contributed by atoms with Gasteiger partial charge in [-0.15, -0.1) is 0 Å². The van der Waals surface area contributed by atoms with Gasteiger partial charge in [0.05, 0.1) is 4.90 Å². The molecule has 1 atom stereocenters. The number of carbonyl (C=O) groups is 2. The third-order valence-electron chi connectivity index (χ3n) is 5.74. The first kappa shape index (κ1) is 24.9. The SMILES string of the molecule is CC(C)C[C@H](NC(=O)C1CCN(S(=O)(=O)c2ccccc2)CC1)C(=O)NCc1cccnc1. The third kappa shape index (κ3) is 6.85. The zero-order chi connectivity index (χ0) is 23.8. The molecule has 1 aliphatic heterocycles. The summed E-state index contributed by atoms with van der Waals surface area (Å²) in [7, 11) is -3.56. The van der Waals surface area contributed by atoms with Gasteiger partial charge >= 0.3 is 0 Å². The van der Waals surface area contributed by atoms with E-state index in [9.17, 15) is 18.0 Å². The molecule has 1 saturated heterocycles. The Morgan fingerprint density at radius 1 is 1.09 bits per heavy atom. The van der Waals surface area contributed by atoms with Gasteiger partial charge in [0.25, 0.3) is 0 Å². The molecule has 0 unspecified atom stereocenters. The first-order valence-electron chi connectivity index (χ1n) is 11.3. The van der Waals surface area contributed by atoms with Crippen molar-refractivity contribution in [1.82, 2.24) is 19.9 Å². The van der Waals surface area contributed by atoms with Gasteiger partial charge in [0, 0.05) is 37.9 Å². The number of rotatable bonds is 9. The Kier molecular flexibility index (Phi) is 8.57. The Labute approximate surface area is 195 Å². The highest BCUT2D eigenvalue weighted by molar-refractivity contribution is 7.89. The molecule has 0 bridgehead atoms. The monoisotopic (exact) mass is 472 g/mol. The van der Waals surface area contributed by atoms with Crippen LogP contribution in [0.15, 0.2) is 59.8 Å². The van der Waals surface area contributed by atoms with Crippen LogP contribution in [-0.2, 0) is 26.2 Å². The van der Waals surface area contributed by atoms with Crippen molar-refractivity contribution in [3.8, 4) is 0 Å². The van der Waals surface area contributed by atoms with Crippen LogP contribution in [-0.4, -0.2) is 48.7 Å². The molecule has 33 heavy (non-hydrogen) atoms. The Morgan fingerprint density at radius 3 is 2.39 bits per heavy atom. The van der Waals surface area contributed by atoms with Crippen LogP contribution in [0.25, 0.3) is 0 Å². The zero-order valence-corrected chi connectivity index (χ0v) is 19.9. The fourth-order valence-corrected chi connectivity index (χ4v) is 5.40. The number of carbonyl (C=O) groups excluding carboxylic acids is 2. The molecule has 9 heteroatoms. The van der Waals surface area contributed by atoms with Crippen molar-refractivity contribution >= 4 is 21.8 Å². The Bertz CT molecular complexity index is 1020. The van der Waals surface area contributed by atoms with Crippen molar-refractivity contribution in [2.24, 2.45) is 11.8 Å². The topological polar surface area (TPSA) is 108 Å². The third-order valence-corrected chi connectivity index (χ3v) is 7.65. The molecule has 2 heterocycles. The van der Waals surface area contributed by atoms with Crippen LogP contribution in [0.3, 0.4) is 0 Å². The van der Waals surface area contributed by atoms with Gasteiger partial charge in [-0.05, 0) is 48.9 Å². The minimum Gasteiger partial charge on any atom is -0.350 e. The minimum atomic E-state index is -3.56. The lowest BCUT2D eigenvalue weighted by Gasteiger charge is -2.31. The van der Waals surface area contributed by atoms with E-state index in [1.54, 1.807) is 48.8 Å². The second-order valence-corrected chi connectivity index (χ2v) is 10.7. The van der Waals surface area contributed by atoms with E-state index in [4.69, 9.17) is 0 Å². The fourth-order valence-electron chi connectivity index (χ4n) is 3.91. The average Bonchev–Trinajstić information content (AvgIpc) is 2.83. The van der Waals surface area contributed by atoms with E-state index in [2.05, 4.69) is 15.6 Å². The smallest absolute Gasteiger partial charge is 0.243 e. The molecular formula is C24H32N4O4S. The Morgan fingerprint density at radius 2 is 1.79 bits per heavy atom. The second-order valence-electron chi connectivity index (χ2n) is 8.76. The molecule has 1 aromatic heterocycles. The average molecular weight is 473 g/mol. The summed E-state index contributed by atoms with van der Waals surface area (Å²) >= 11 is 0. The summed E-state index contributed by atoms with van der Waals surface area (Å²) in [5, 5.41) is 5.78. The molecule has 1 fully saturated rings. The summed E-state index contributed by atoms with van der Waals surface area (Å²) in [5.74, 6) is -0.538. The molecule has 0 saturated carbocycles. The van der Waals surface area contributed by atoms with E-state index in [1.807, 2.05) is 19.9 Å².